The number of morpholine rings is 1. The van der Waals surface area contributed by atoms with Gasteiger partial charge in [0.1, 0.15) is 6.04 Å². The molecule has 2 heterocycles. The maximum atomic E-state index is 12.4. The van der Waals surface area contributed by atoms with Crippen molar-refractivity contribution in [2.24, 2.45) is 0 Å². The molecule has 0 spiro atoms. The third-order valence-electron chi connectivity index (χ3n) is 5.24. The number of nitrogens with one attached hydrogen (secondary N) is 2. The summed E-state index contributed by atoms with van der Waals surface area (Å²) < 4.78 is 5.37. The number of hydrogen-bond donors (Lipinski definition) is 2. The van der Waals surface area contributed by atoms with Gasteiger partial charge in [-0.3, -0.25) is 14.5 Å². The summed E-state index contributed by atoms with van der Waals surface area (Å²) in [4.78, 5) is 28.6. The van der Waals surface area contributed by atoms with Gasteiger partial charge in [-0.1, -0.05) is 19.3 Å². The molecule has 26 heavy (non-hydrogen) atoms. The highest BCUT2D eigenvalue weighted by molar-refractivity contribution is 5.85. The minimum atomic E-state index is -0.208. The topological polar surface area (TPSA) is 73.9 Å². The van der Waals surface area contributed by atoms with Gasteiger partial charge in [0.05, 0.1) is 19.8 Å². The van der Waals surface area contributed by atoms with Crippen LogP contribution in [0.1, 0.15) is 32.1 Å². The van der Waals surface area contributed by atoms with Gasteiger partial charge in [-0.05, 0) is 12.8 Å². The molecule has 2 saturated heterocycles. The van der Waals surface area contributed by atoms with Gasteiger partial charge in [-0.25, -0.2) is 0 Å². The number of hydrogen-bond acceptors (Lipinski definition) is 5. The molecule has 1 unspecified atom stereocenters. The first-order valence-electron chi connectivity index (χ1n) is 9.34. The van der Waals surface area contributed by atoms with Crippen LogP contribution in [-0.2, 0) is 14.3 Å². The van der Waals surface area contributed by atoms with Crippen molar-refractivity contribution in [1.82, 2.24) is 20.4 Å². The van der Waals surface area contributed by atoms with E-state index in [0.717, 1.165) is 32.5 Å². The molecular weight excluding hydrogens is 379 g/mol. The highest BCUT2D eigenvalue weighted by Gasteiger charge is 2.29. The first-order valence-corrected chi connectivity index (χ1v) is 9.34. The monoisotopic (exact) mass is 410 g/mol. The normalized spacial score (nSPS) is 24.9. The quantitative estimate of drug-likeness (QED) is 0.701. The predicted molar refractivity (Wildman–Crippen MR) is 105 cm³/mol. The molecule has 9 heteroatoms. The average molecular weight is 411 g/mol. The van der Waals surface area contributed by atoms with E-state index in [9.17, 15) is 9.59 Å². The zero-order valence-electron chi connectivity index (χ0n) is 15.3. The van der Waals surface area contributed by atoms with E-state index in [2.05, 4.69) is 15.5 Å². The Labute approximate surface area is 168 Å². The third-order valence-corrected chi connectivity index (χ3v) is 5.24. The molecule has 3 fully saturated rings. The molecule has 1 aliphatic carbocycles. The van der Waals surface area contributed by atoms with E-state index in [1.54, 1.807) is 0 Å². The van der Waals surface area contributed by atoms with Gasteiger partial charge in [0.15, 0.2) is 0 Å². The van der Waals surface area contributed by atoms with Crippen LogP contribution in [0.3, 0.4) is 0 Å². The maximum absolute atomic E-state index is 12.4. The highest BCUT2D eigenvalue weighted by atomic mass is 35.5. The van der Waals surface area contributed by atoms with E-state index in [1.807, 2.05) is 4.90 Å². The summed E-state index contributed by atoms with van der Waals surface area (Å²) in [6, 6.07) is 0.159. The Balaban J connectivity index is 0.00000169. The van der Waals surface area contributed by atoms with Crippen LogP contribution in [-0.4, -0.2) is 86.2 Å². The second kappa shape index (κ2) is 12.0. The Bertz CT molecular complexity index is 436. The van der Waals surface area contributed by atoms with E-state index in [1.165, 1.54) is 19.3 Å². The smallest absolute Gasteiger partial charge is 0.242 e. The van der Waals surface area contributed by atoms with Gasteiger partial charge in [0.2, 0.25) is 11.8 Å². The molecule has 3 aliphatic rings. The molecule has 2 amide bonds. The lowest BCUT2D eigenvalue weighted by atomic mass is 9.95. The number of piperazine rings is 1. The summed E-state index contributed by atoms with van der Waals surface area (Å²) in [5, 5.41) is 6.38. The summed E-state index contributed by atoms with van der Waals surface area (Å²) >= 11 is 0. The van der Waals surface area contributed by atoms with Crippen LogP contribution < -0.4 is 10.6 Å². The maximum Gasteiger partial charge on any atom is 0.242 e. The molecule has 0 radical (unpaired) electrons. The van der Waals surface area contributed by atoms with E-state index >= 15 is 0 Å². The van der Waals surface area contributed by atoms with Gasteiger partial charge >= 0.3 is 0 Å². The van der Waals surface area contributed by atoms with Crippen molar-refractivity contribution in [2.45, 2.75) is 44.2 Å². The molecule has 2 aliphatic heterocycles. The molecule has 0 bridgehead atoms. The number of ether oxygens (including phenoxy) is 1. The minimum Gasteiger partial charge on any atom is -0.378 e. The standard InChI is InChI=1S/C17H30N4O3.2ClH/c22-16(19-14-4-2-1-3-5-14)12-20-7-9-21(10-8-20)17(23)15-13-24-11-6-18-15;;/h14-15,18H,1-13H2,(H,19,22);2*1H. The minimum absolute atomic E-state index is 0. The summed E-state index contributed by atoms with van der Waals surface area (Å²) in [5.41, 5.74) is 0. The van der Waals surface area contributed by atoms with Crippen molar-refractivity contribution >= 4 is 36.6 Å². The number of carbonyl (C=O) groups is 2. The molecule has 3 rings (SSSR count). The largest absolute Gasteiger partial charge is 0.378 e. The van der Waals surface area contributed by atoms with E-state index in [-0.39, 0.29) is 42.7 Å². The van der Waals surface area contributed by atoms with Crippen LogP contribution in [0.5, 0.6) is 0 Å². The molecule has 1 saturated carbocycles. The predicted octanol–water partition coefficient (Wildman–Crippen LogP) is 0.412. The van der Waals surface area contributed by atoms with Crippen molar-refractivity contribution in [3.05, 3.63) is 0 Å². The fourth-order valence-corrected chi connectivity index (χ4v) is 3.79. The Morgan fingerprint density at radius 2 is 1.73 bits per heavy atom. The van der Waals surface area contributed by atoms with Gasteiger partial charge in [0, 0.05) is 38.8 Å². The average Bonchev–Trinajstić information content (AvgIpc) is 2.63. The van der Waals surface area contributed by atoms with Crippen LogP contribution in [0, 0.1) is 0 Å². The highest BCUT2D eigenvalue weighted by Crippen LogP contribution is 2.17. The van der Waals surface area contributed by atoms with E-state index in [4.69, 9.17) is 4.74 Å². The first-order chi connectivity index (χ1) is 11.7. The third kappa shape index (κ3) is 6.85. The lowest BCUT2D eigenvalue weighted by Gasteiger charge is -2.37. The van der Waals surface area contributed by atoms with Crippen molar-refractivity contribution < 1.29 is 14.3 Å². The van der Waals surface area contributed by atoms with Crippen LogP contribution in [0.2, 0.25) is 0 Å². The Morgan fingerprint density at radius 3 is 2.35 bits per heavy atom. The molecule has 7 nitrogen and oxygen atoms in total. The van der Waals surface area contributed by atoms with E-state index in [0.29, 0.717) is 38.9 Å². The van der Waals surface area contributed by atoms with Crippen molar-refractivity contribution in [1.29, 1.82) is 0 Å². The molecule has 0 aromatic heterocycles. The number of rotatable bonds is 4. The fraction of sp³-hybridized carbons (Fsp3) is 0.882. The second-order valence-corrected chi connectivity index (χ2v) is 7.09. The molecule has 0 aromatic rings. The van der Waals surface area contributed by atoms with Crippen LogP contribution in [0.25, 0.3) is 0 Å². The van der Waals surface area contributed by atoms with Crippen LogP contribution in [0.4, 0.5) is 0 Å². The summed E-state index contributed by atoms with van der Waals surface area (Å²) in [6.45, 7) is 5.22. The second-order valence-electron chi connectivity index (χ2n) is 7.09. The molecule has 152 valence electrons. The lowest BCUT2D eigenvalue weighted by molar-refractivity contribution is -0.138. The van der Waals surface area contributed by atoms with Gasteiger partial charge in [-0.15, -0.1) is 24.8 Å². The number of amides is 2. The summed E-state index contributed by atoms with van der Waals surface area (Å²) in [7, 11) is 0. The number of carbonyl (C=O) groups excluding carboxylic acids is 2. The number of nitrogens with zero attached hydrogens (tertiary/aromatic N) is 2. The Hall–Kier alpha value is -0.600. The van der Waals surface area contributed by atoms with Gasteiger partial charge < -0.3 is 20.3 Å². The zero-order chi connectivity index (χ0) is 16.8. The molecule has 0 aromatic carbocycles. The van der Waals surface area contributed by atoms with E-state index < -0.39 is 0 Å². The SMILES string of the molecule is Cl.Cl.O=C(CN1CCN(C(=O)C2COCCN2)CC1)NC1CCCCC1. The van der Waals surface area contributed by atoms with Gasteiger partial charge in [-0.2, -0.15) is 0 Å². The van der Waals surface area contributed by atoms with Crippen molar-refractivity contribution in [2.75, 3.05) is 52.5 Å². The molecule has 2 N–H and O–H groups in total. The first kappa shape index (κ1) is 23.4. The summed E-state index contributed by atoms with van der Waals surface area (Å²) in [5.74, 6) is 0.255. The van der Waals surface area contributed by atoms with Gasteiger partial charge in [0.25, 0.3) is 0 Å². The van der Waals surface area contributed by atoms with Crippen molar-refractivity contribution in [3.63, 3.8) is 0 Å². The zero-order valence-corrected chi connectivity index (χ0v) is 16.9. The van der Waals surface area contributed by atoms with Crippen LogP contribution >= 0.6 is 24.8 Å². The fourth-order valence-electron chi connectivity index (χ4n) is 3.79. The lowest BCUT2D eigenvalue weighted by Crippen LogP contribution is -2.58. The molecular formula is C17H32Cl2N4O3. The Morgan fingerprint density at radius 1 is 1.04 bits per heavy atom. The Kier molecular flexibility index (Phi) is 10.8. The van der Waals surface area contributed by atoms with Crippen LogP contribution in [0.15, 0.2) is 0 Å². The molecule has 1 atom stereocenters. The number of halogens is 2. The summed E-state index contributed by atoms with van der Waals surface area (Å²) in [6.07, 6.45) is 5.98. The van der Waals surface area contributed by atoms with Crippen molar-refractivity contribution in [3.8, 4) is 0 Å².